The third-order valence-electron chi connectivity index (χ3n) is 3.28. The van der Waals surface area contributed by atoms with Crippen molar-refractivity contribution in [3.63, 3.8) is 0 Å². The Morgan fingerprint density at radius 3 is 2.60 bits per heavy atom. The second kappa shape index (κ2) is 7.88. The van der Waals surface area contributed by atoms with E-state index in [-0.39, 0.29) is 16.0 Å². The highest BCUT2D eigenvalue weighted by Gasteiger charge is 2.23. The first-order valence-electron chi connectivity index (χ1n) is 7.26. The van der Waals surface area contributed by atoms with Crippen LogP contribution in [0, 0.1) is 17.1 Å². The van der Waals surface area contributed by atoms with E-state index in [0.29, 0.717) is 0 Å². The maximum Gasteiger partial charge on any atom is 0.324 e. The van der Waals surface area contributed by atoms with E-state index in [1.54, 1.807) is 18.2 Å². The van der Waals surface area contributed by atoms with Crippen LogP contribution >= 0.6 is 0 Å². The zero-order valence-corrected chi connectivity index (χ0v) is 14.1. The van der Waals surface area contributed by atoms with Gasteiger partial charge in [0.05, 0.1) is 16.5 Å². The highest BCUT2D eigenvalue weighted by molar-refractivity contribution is 7.89. The average Bonchev–Trinajstić information content (AvgIpc) is 2.61. The summed E-state index contributed by atoms with van der Waals surface area (Å²) in [5, 5.41) is 8.80. The van der Waals surface area contributed by atoms with Gasteiger partial charge in [-0.25, -0.2) is 12.8 Å². The lowest BCUT2D eigenvalue weighted by atomic mass is 10.1. The molecule has 2 rings (SSSR count). The molecule has 130 valence electrons. The molecule has 0 unspecified atom stereocenters. The van der Waals surface area contributed by atoms with Crippen molar-refractivity contribution in [2.45, 2.75) is 24.5 Å². The van der Waals surface area contributed by atoms with Crippen molar-refractivity contribution in [3.05, 3.63) is 65.5 Å². The van der Waals surface area contributed by atoms with E-state index in [1.807, 2.05) is 6.07 Å². The zero-order chi connectivity index (χ0) is 18.4. The second-order valence-electron chi connectivity index (χ2n) is 5.18. The third-order valence-corrected chi connectivity index (χ3v) is 4.84. The van der Waals surface area contributed by atoms with E-state index in [9.17, 15) is 17.6 Å². The fourth-order valence-electron chi connectivity index (χ4n) is 1.98. The Hall–Kier alpha value is -2.76. The van der Waals surface area contributed by atoms with Crippen LogP contribution in [0.3, 0.4) is 0 Å². The van der Waals surface area contributed by atoms with Gasteiger partial charge in [-0.3, -0.25) is 4.79 Å². The second-order valence-corrected chi connectivity index (χ2v) is 6.90. The van der Waals surface area contributed by atoms with Crippen LogP contribution in [0.5, 0.6) is 0 Å². The normalized spacial score (nSPS) is 12.2. The number of nitrogens with zero attached hydrogens (tertiary/aromatic N) is 1. The molecule has 6 nitrogen and oxygen atoms in total. The van der Waals surface area contributed by atoms with Crippen LogP contribution < -0.4 is 4.72 Å². The molecule has 0 aliphatic rings. The summed E-state index contributed by atoms with van der Waals surface area (Å²) in [6, 6.07) is 11.9. The molecule has 0 saturated heterocycles. The number of esters is 1. The van der Waals surface area contributed by atoms with Gasteiger partial charge in [-0.1, -0.05) is 18.2 Å². The molecule has 0 fully saturated rings. The van der Waals surface area contributed by atoms with Gasteiger partial charge in [0.15, 0.2) is 0 Å². The smallest absolute Gasteiger partial charge is 0.324 e. The zero-order valence-electron chi connectivity index (χ0n) is 13.3. The molecule has 0 aliphatic heterocycles. The van der Waals surface area contributed by atoms with Gasteiger partial charge in [-0.15, -0.1) is 0 Å². The minimum atomic E-state index is -3.87. The molecule has 0 saturated carbocycles. The Bertz CT molecular complexity index is 908. The van der Waals surface area contributed by atoms with E-state index in [2.05, 4.69) is 4.72 Å². The molecule has 2 aromatic carbocycles. The number of nitrogens with one attached hydrogen (secondary N) is 1. The first kappa shape index (κ1) is 18.6. The van der Waals surface area contributed by atoms with E-state index in [0.717, 1.165) is 6.07 Å². The van der Waals surface area contributed by atoms with Crippen molar-refractivity contribution in [1.82, 2.24) is 4.72 Å². The summed E-state index contributed by atoms with van der Waals surface area (Å²) in [6.07, 6.45) is 0. The van der Waals surface area contributed by atoms with Crippen molar-refractivity contribution >= 4 is 16.0 Å². The first-order chi connectivity index (χ1) is 11.8. The van der Waals surface area contributed by atoms with E-state index >= 15 is 0 Å². The summed E-state index contributed by atoms with van der Waals surface area (Å²) < 4.78 is 45.1. The molecule has 0 radical (unpaired) electrons. The number of benzene rings is 2. The first-order valence-corrected chi connectivity index (χ1v) is 8.74. The van der Waals surface area contributed by atoms with Gasteiger partial charge in [0, 0.05) is 5.56 Å². The summed E-state index contributed by atoms with van der Waals surface area (Å²) in [5.74, 6) is -1.48. The van der Waals surface area contributed by atoms with Gasteiger partial charge in [-0.05, 0) is 37.3 Å². The predicted octanol–water partition coefficient (Wildman–Crippen LogP) is 2.11. The Morgan fingerprint density at radius 2 is 1.96 bits per heavy atom. The van der Waals surface area contributed by atoms with Gasteiger partial charge in [0.2, 0.25) is 10.0 Å². The topological polar surface area (TPSA) is 96.3 Å². The standard InChI is InChI=1S/C17H15FN2O4S/c1-12(20-25(22,23)15-5-3-2-4-6-15)17(21)24-11-14-9-13(10-19)7-8-16(14)18/h2-9,12,20H,11H2,1H3/t12-/m0/s1. The van der Waals surface area contributed by atoms with Gasteiger partial charge in [0.25, 0.3) is 0 Å². The summed E-state index contributed by atoms with van der Waals surface area (Å²) in [7, 11) is -3.87. The molecule has 1 N–H and O–H groups in total. The Morgan fingerprint density at radius 1 is 1.28 bits per heavy atom. The lowest BCUT2D eigenvalue weighted by molar-refractivity contribution is -0.146. The number of nitriles is 1. The van der Waals surface area contributed by atoms with E-state index in [4.69, 9.17) is 10.00 Å². The van der Waals surface area contributed by atoms with Crippen molar-refractivity contribution in [3.8, 4) is 6.07 Å². The van der Waals surface area contributed by atoms with Crippen molar-refractivity contribution in [2.24, 2.45) is 0 Å². The van der Waals surface area contributed by atoms with Crippen molar-refractivity contribution in [2.75, 3.05) is 0 Å². The maximum absolute atomic E-state index is 13.6. The monoisotopic (exact) mass is 362 g/mol. The van der Waals surface area contributed by atoms with Gasteiger partial charge >= 0.3 is 5.97 Å². The molecule has 2 aromatic rings. The summed E-state index contributed by atoms with van der Waals surface area (Å²) in [4.78, 5) is 12.0. The SMILES string of the molecule is C[C@H](NS(=O)(=O)c1ccccc1)C(=O)OCc1cc(C#N)ccc1F. The average molecular weight is 362 g/mol. The van der Waals surface area contributed by atoms with Crippen LogP contribution in [0.2, 0.25) is 0 Å². The number of ether oxygens (including phenoxy) is 1. The summed E-state index contributed by atoms with van der Waals surface area (Å²) in [5.41, 5.74) is 0.260. The third kappa shape index (κ3) is 4.86. The molecule has 8 heteroatoms. The Balaban J connectivity index is 2.01. The predicted molar refractivity (Wildman–Crippen MR) is 87.1 cm³/mol. The number of rotatable bonds is 6. The highest BCUT2D eigenvalue weighted by atomic mass is 32.2. The fraction of sp³-hybridized carbons (Fsp3) is 0.176. The largest absolute Gasteiger partial charge is 0.460 e. The number of halogens is 1. The Kier molecular flexibility index (Phi) is 5.85. The lowest BCUT2D eigenvalue weighted by Crippen LogP contribution is -2.39. The summed E-state index contributed by atoms with van der Waals surface area (Å²) in [6.45, 7) is 0.919. The molecule has 0 heterocycles. The highest BCUT2D eigenvalue weighted by Crippen LogP contribution is 2.12. The molecule has 25 heavy (non-hydrogen) atoms. The molecular weight excluding hydrogens is 347 g/mol. The number of carbonyl (C=O) groups excluding carboxylic acids is 1. The van der Waals surface area contributed by atoms with Crippen molar-refractivity contribution < 1.29 is 22.3 Å². The molecule has 1 atom stereocenters. The minimum Gasteiger partial charge on any atom is -0.460 e. The molecule has 0 aliphatic carbocycles. The van der Waals surface area contributed by atoms with Crippen LogP contribution in [-0.4, -0.2) is 20.4 Å². The van der Waals surface area contributed by atoms with E-state index < -0.39 is 34.5 Å². The molecule has 0 amide bonds. The van der Waals surface area contributed by atoms with Gasteiger partial charge in [0.1, 0.15) is 18.5 Å². The molecule has 0 spiro atoms. The number of sulfonamides is 1. The van der Waals surface area contributed by atoms with Crippen molar-refractivity contribution in [1.29, 1.82) is 5.26 Å². The number of hydrogen-bond donors (Lipinski definition) is 1. The van der Waals surface area contributed by atoms with Gasteiger partial charge in [-0.2, -0.15) is 9.98 Å². The quantitative estimate of drug-likeness (QED) is 0.794. The number of hydrogen-bond acceptors (Lipinski definition) is 5. The van der Waals surface area contributed by atoms with E-state index in [1.165, 1.54) is 31.2 Å². The minimum absolute atomic E-state index is 0.0161. The lowest BCUT2D eigenvalue weighted by Gasteiger charge is -2.14. The van der Waals surface area contributed by atoms with Crippen LogP contribution in [-0.2, 0) is 26.2 Å². The van der Waals surface area contributed by atoms with Crippen LogP contribution in [0.25, 0.3) is 0 Å². The summed E-state index contributed by atoms with van der Waals surface area (Å²) >= 11 is 0. The van der Waals surface area contributed by atoms with Crippen LogP contribution in [0.4, 0.5) is 4.39 Å². The molecular formula is C17H15FN2O4S. The Labute approximate surface area is 144 Å². The fourth-order valence-corrected chi connectivity index (χ4v) is 3.19. The maximum atomic E-state index is 13.6. The molecule has 0 aromatic heterocycles. The number of carbonyl (C=O) groups is 1. The molecule has 0 bridgehead atoms. The van der Waals surface area contributed by atoms with Gasteiger partial charge < -0.3 is 4.74 Å². The van der Waals surface area contributed by atoms with Crippen LogP contribution in [0.1, 0.15) is 18.1 Å². The van der Waals surface area contributed by atoms with Crippen LogP contribution in [0.15, 0.2) is 53.4 Å².